The number of rotatable bonds is 5. The van der Waals surface area contributed by atoms with Crippen molar-refractivity contribution in [1.29, 1.82) is 0 Å². The van der Waals surface area contributed by atoms with Crippen molar-refractivity contribution in [3.8, 4) is 0 Å². The summed E-state index contributed by atoms with van der Waals surface area (Å²) in [7, 11) is 0. The van der Waals surface area contributed by atoms with Crippen LogP contribution in [0.15, 0.2) is 42.6 Å². The average Bonchev–Trinajstić information content (AvgIpc) is 3.13. The van der Waals surface area contributed by atoms with E-state index in [1.165, 1.54) is 12.1 Å². The first-order valence-corrected chi connectivity index (χ1v) is 10.4. The summed E-state index contributed by atoms with van der Waals surface area (Å²) in [6.07, 6.45) is 6.12. The van der Waals surface area contributed by atoms with Crippen molar-refractivity contribution in [2.45, 2.75) is 38.6 Å². The van der Waals surface area contributed by atoms with Gasteiger partial charge in [0.1, 0.15) is 0 Å². The molecular weight excluding hydrogens is 372 g/mol. The number of carbonyl (C=O) groups excluding carboxylic acids is 1. The van der Waals surface area contributed by atoms with Gasteiger partial charge in [0.25, 0.3) is 0 Å². The molecule has 1 atom stereocenters. The minimum Gasteiger partial charge on any atom is -0.342 e. The fraction of sp³-hybridized carbons (Fsp3) is 0.478. The number of hydrogen-bond donors (Lipinski definition) is 0. The number of piperidine rings is 1. The number of amides is 1. The molecule has 2 aromatic rings. The third-order valence-electron chi connectivity index (χ3n) is 6.24. The second-order valence-corrected chi connectivity index (χ2v) is 8.45. The molecule has 0 aliphatic carbocycles. The Morgan fingerprint density at radius 1 is 1.07 bits per heavy atom. The van der Waals surface area contributed by atoms with Crippen molar-refractivity contribution in [1.82, 2.24) is 14.8 Å². The Morgan fingerprint density at radius 2 is 1.97 bits per heavy atom. The SMILES string of the molecule is O=C(CCc1ccccn1)N1CC[C@]2(CCCN(Cc3ccc(F)c(F)c3)C2)C1. The molecule has 2 saturated heterocycles. The summed E-state index contributed by atoms with van der Waals surface area (Å²) in [5.41, 5.74) is 1.87. The first-order valence-electron chi connectivity index (χ1n) is 10.4. The number of nitrogens with zero attached hydrogens (tertiary/aromatic N) is 3. The van der Waals surface area contributed by atoms with Gasteiger partial charge in [0.15, 0.2) is 11.6 Å². The minimum absolute atomic E-state index is 0.123. The second kappa shape index (κ2) is 8.57. The van der Waals surface area contributed by atoms with Gasteiger partial charge in [-0.3, -0.25) is 14.7 Å². The standard InChI is InChI=1S/C23H27F2N3O/c24-20-7-5-18(14-21(20)25)15-27-12-3-9-23(16-27)10-13-28(17-23)22(29)8-6-19-4-1-2-11-26-19/h1-2,4-5,7,11,14H,3,6,8-10,12-13,15-17H2/t23-/m0/s1. The van der Waals surface area contributed by atoms with Gasteiger partial charge in [-0.1, -0.05) is 12.1 Å². The van der Waals surface area contributed by atoms with Crippen LogP contribution < -0.4 is 0 Å². The van der Waals surface area contributed by atoms with Crippen molar-refractivity contribution in [2.75, 3.05) is 26.2 Å². The van der Waals surface area contributed by atoms with E-state index in [4.69, 9.17) is 0 Å². The van der Waals surface area contributed by atoms with Crippen LogP contribution in [0, 0.1) is 17.0 Å². The zero-order chi connectivity index (χ0) is 20.3. The number of aromatic nitrogens is 1. The van der Waals surface area contributed by atoms with Crippen LogP contribution in [0.5, 0.6) is 0 Å². The van der Waals surface area contributed by atoms with Crippen molar-refractivity contribution in [2.24, 2.45) is 5.41 Å². The van der Waals surface area contributed by atoms with E-state index in [0.717, 1.165) is 56.7 Å². The van der Waals surface area contributed by atoms with Crippen LogP contribution in [-0.2, 0) is 17.8 Å². The maximum atomic E-state index is 13.5. The molecule has 0 unspecified atom stereocenters. The van der Waals surface area contributed by atoms with E-state index in [-0.39, 0.29) is 11.3 Å². The quantitative estimate of drug-likeness (QED) is 0.767. The van der Waals surface area contributed by atoms with Gasteiger partial charge in [-0.05, 0) is 62.1 Å². The summed E-state index contributed by atoms with van der Waals surface area (Å²) in [5.74, 6) is -1.40. The van der Waals surface area contributed by atoms with Crippen LogP contribution in [0.25, 0.3) is 0 Å². The highest BCUT2D eigenvalue weighted by atomic mass is 19.2. The Morgan fingerprint density at radius 3 is 2.76 bits per heavy atom. The van der Waals surface area contributed by atoms with Gasteiger partial charge in [0.2, 0.25) is 5.91 Å². The number of carbonyl (C=O) groups is 1. The molecule has 4 nitrogen and oxygen atoms in total. The molecule has 0 saturated carbocycles. The normalized spacial score (nSPS) is 22.3. The number of halogens is 2. The Hall–Kier alpha value is -2.34. The lowest BCUT2D eigenvalue weighted by atomic mass is 9.79. The summed E-state index contributed by atoms with van der Waals surface area (Å²) in [5, 5.41) is 0. The first kappa shape index (κ1) is 20.0. The molecule has 1 spiro atoms. The maximum absolute atomic E-state index is 13.5. The summed E-state index contributed by atoms with van der Waals surface area (Å²) < 4.78 is 26.7. The van der Waals surface area contributed by atoms with Crippen molar-refractivity contribution in [3.63, 3.8) is 0 Å². The molecule has 6 heteroatoms. The van der Waals surface area contributed by atoms with E-state index in [1.807, 2.05) is 23.1 Å². The van der Waals surface area contributed by atoms with Crippen molar-refractivity contribution in [3.05, 3.63) is 65.5 Å². The van der Waals surface area contributed by atoms with E-state index in [9.17, 15) is 13.6 Å². The van der Waals surface area contributed by atoms with Crippen LogP contribution in [0.4, 0.5) is 8.78 Å². The first-order chi connectivity index (χ1) is 14.0. The molecule has 1 aromatic carbocycles. The van der Waals surface area contributed by atoms with Crippen LogP contribution in [0.2, 0.25) is 0 Å². The van der Waals surface area contributed by atoms with Crippen LogP contribution in [0.3, 0.4) is 0 Å². The van der Waals surface area contributed by atoms with Gasteiger partial charge in [-0.2, -0.15) is 0 Å². The number of likely N-dealkylation sites (tertiary alicyclic amines) is 2. The topological polar surface area (TPSA) is 36.4 Å². The maximum Gasteiger partial charge on any atom is 0.222 e. The summed E-state index contributed by atoms with van der Waals surface area (Å²) in [6.45, 7) is 4.07. The molecule has 0 N–H and O–H groups in total. The molecule has 2 fully saturated rings. The zero-order valence-electron chi connectivity index (χ0n) is 16.6. The molecule has 3 heterocycles. The van der Waals surface area contributed by atoms with Crippen molar-refractivity contribution >= 4 is 5.91 Å². The third kappa shape index (κ3) is 4.81. The van der Waals surface area contributed by atoms with Gasteiger partial charge in [-0.15, -0.1) is 0 Å². The van der Waals surface area contributed by atoms with Gasteiger partial charge >= 0.3 is 0 Å². The molecule has 0 radical (unpaired) electrons. The van der Waals surface area contributed by atoms with E-state index in [2.05, 4.69) is 9.88 Å². The van der Waals surface area contributed by atoms with E-state index in [0.29, 0.717) is 19.4 Å². The molecule has 1 amide bonds. The molecule has 4 rings (SSSR count). The number of hydrogen-bond acceptors (Lipinski definition) is 3. The Labute approximate surface area is 170 Å². The van der Waals surface area contributed by atoms with E-state index < -0.39 is 11.6 Å². The highest BCUT2D eigenvalue weighted by Gasteiger charge is 2.42. The summed E-state index contributed by atoms with van der Waals surface area (Å²) in [6, 6.07) is 9.92. The smallest absolute Gasteiger partial charge is 0.222 e. The van der Waals surface area contributed by atoms with Crippen LogP contribution in [0.1, 0.15) is 36.9 Å². The van der Waals surface area contributed by atoms with Crippen LogP contribution >= 0.6 is 0 Å². The lowest BCUT2D eigenvalue weighted by Crippen LogP contribution is -2.45. The predicted octanol–water partition coefficient (Wildman–Crippen LogP) is 3.81. The summed E-state index contributed by atoms with van der Waals surface area (Å²) >= 11 is 0. The average molecular weight is 399 g/mol. The number of aryl methyl sites for hydroxylation is 1. The molecule has 1 aromatic heterocycles. The largest absolute Gasteiger partial charge is 0.342 e. The fourth-order valence-corrected chi connectivity index (χ4v) is 4.76. The van der Waals surface area contributed by atoms with E-state index in [1.54, 1.807) is 12.3 Å². The molecule has 0 bridgehead atoms. The van der Waals surface area contributed by atoms with Gasteiger partial charge in [0, 0.05) is 49.9 Å². The Kier molecular flexibility index (Phi) is 5.90. The lowest BCUT2D eigenvalue weighted by molar-refractivity contribution is -0.130. The fourth-order valence-electron chi connectivity index (χ4n) is 4.76. The third-order valence-corrected chi connectivity index (χ3v) is 6.24. The highest BCUT2D eigenvalue weighted by Crippen LogP contribution is 2.39. The lowest BCUT2D eigenvalue weighted by Gasteiger charge is -2.40. The minimum atomic E-state index is -0.806. The molecule has 2 aliphatic heterocycles. The van der Waals surface area contributed by atoms with Gasteiger partial charge in [0.05, 0.1) is 0 Å². The number of pyridine rings is 1. The van der Waals surface area contributed by atoms with E-state index >= 15 is 0 Å². The number of benzene rings is 1. The Bertz CT molecular complexity index is 860. The predicted molar refractivity (Wildman–Crippen MR) is 107 cm³/mol. The molecular formula is C23H27F2N3O. The van der Waals surface area contributed by atoms with Gasteiger partial charge in [-0.25, -0.2) is 8.78 Å². The van der Waals surface area contributed by atoms with Crippen molar-refractivity contribution < 1.29 is 13.6 Å². The second-order valence-electron chi connectivity index (χ2n) is 8.45. The molecule has 2 aliphatic rings. The highest BCUT2D eigenvalue weighted by molar-refractivity contribution is 5.76. The van der Waals surface area contributed by atoms with Gasteiger partial charge < -0.3 is 4.90 Å². The molecule has 154 valence electrons. The monoisotopic (exact) mass is 399 g/mol. The van der Waals surface area contributed by atoms with Crippen LogP contribution in [-0.4, -0.2) is 46.9 Å². The molecule has 29 heavy (non-hydrogen) atoms. The summed E-state index contributed by atoms with van der Waals surface area (Å²) in [4.78, 5) is 21.3. The zero-order valence-corrected chi connectivity index (χ0v) is 16.6. The Balaban J connectivity index is 1.32.